The highest BCUT2D eigenvalue weighted by atomic mass is 16.3. The second-order valence-corrected chi connectivity index (χ2v) is 6.57. The number of benzene rings is 1. The van der Waals surface area contributed by atoms with Gasteiger partial charge in [-0.05, 0) is 18.7 Å². The number of rotatable bonds is 4. The van der Waals surface area contributed by atoms with Gasteiger partial charge in [-0.15, -0.1) is 0 Å². The lowest BCUT2D eigenvalue weighted by Gasteiger charge is -2.28. The summed E-state index contributed by atoms with van der Waals surface area (Å²) in [5.74, 6) is -1.58. The molecule has 0 unspecified atom stereocenters. The summed E-state index contributed by atoms with van der Waals surface area (Å²) in [6.45, 7) is 0.576. The van der Waals surface area contributed by atoms with E-state index in [-0.39, 0.29) is 17.4 Å². The second-order valence-electron chi connectivity index (χ2n) is 6.57. The molecule has 3 rings (SSSR count). The van der Waals surface area contributed by atoms with E-state index in [9.17, 15) is 19.5 Å². The van der Waals surface area contributed by atoms with Crippen molar-refractivity contribution in [3.8, 4) is 5.88 Å². The molecule has 1 aromatic heterocycles. The van der Waals surface area contributed by atoms with Crippen molar-refractivity contribution in [2.24, 2.45) is 14.1 Å². The van der Waals surface area contributed by atoms with E-state index in [0.29, 0.717) is 6.54 Å². The topological polar surface area (TPSA) is 84.5 Å². The SMILES string of the molecule is CN(Cc1ccccc1)[C@@H]1C=CC(=O)[C@H]1c1c(O)n(C)c(=O)n(C)c1=O. The Bertz CT molecular complexity index is 988. The summed E-state index contributed by atoms with van der Waals surface area (Å²) in [6.07, 6.45) is 3.17. The first kappa shape index (κ1) is 17.9. The van der Waals surface area contributed by atoms with Crippen molar-refractivity contribution >= 4 is 5.78 Å². The molecule has 0 saturated carbocycles. The largest absolute Gasteiger partial charge is 0.494 e. The molecule has 0 radical (unpaired) electrons. The Hall–Kier alpha value is -2.93. The van der Waals surface area contributed by atoms with Crippen LogP contribution in [0.3, 0.4) is 0 Å². The Labute approximate surface area is 150 Å². The van der Waals surface area contributed by atoms with E-state index < -0.39 is 23.0 Å². The van der Waals surface area contributed by atoms with Crippen LogP contribution in [-0.4, -0.2) is 38.0 Å². The van der Waals surface area contributed by atoms with Crippen molar-refractivity contribution in [1.82, 2.24) is 14.0 Å². The molecule has 0 saturated heterocycles. The molecule has 0 amide bonds. The van der Waals surface area contributed by atoms with Gasteiger partial charge in [0.2, 0.25) is 5.88 Å². The number of aromatic hydroxyl groups is 1. The highest BCUT2D eigenvalue weighted by molar-refractivity contribution is 5.99. The normalized spacial score (nSPS) is 19.5. The fraction of sp³-hybridized carbons (Fsp3) is 0.316. The average molecular weight is 355 g/mol. The van der Waals surface area contributed by atoms with E-state index in [1.807, 2.05) is 42.3 Å². The Balaban J connectivity index is 2.03. The standard InChI is InChI=1S/C19H21N3O4/c1-20(11-12-7-5-4-6-8-12)13-9-10-14(23)15(13)16-17(24)21(2)19(26)22(3)18(16)25/h4-10,13,15,24H,11H2,1-3H3/t13-,15+/m1/s1. The summed E-state index contributed by atoms with van der Waals surface area (Å²) in [5, 5.41) is 10.4. The van der Waals surface area contributed by atoms with Gasteiger partial charge in [0.1, 0.15) is 0 Å². The summed E-state index contributed by atoms with van der Waals surface area (Å²) in [4.78, 5) is 39.0. The number of aromatic nitrogens is 2. The van der Waals surface area contributed by atoms with Crippen molar-refractivity contribution in [3.05, 3.63) is 74.4 Å². The molecule has 0 aliphatic heterocycles. The Morgan fingerprint density at radius 1 is 1.08 bits per heavy atom. The van der Waals surface area contributed by atoms with Gasteiger partial charge in [0, 0.05) is 26.7 Å². The Morgan fingerprint density at radius 3 is 2.38 bits per heavy atom. The lowest BCUT2D eigenvalue weighted by atomic mass is 9.92. The molecular weight excluding hydrogens is 334 g/mol. The van der Waals surface area contributed by atoms with Gasteiger partial charge >= 0.3 is 5.69 Å². The molecule has 0 fully saturated rings. The summed E-state index contributed by atoms with van der Waals surface area (Å²) in [6, 6.07) is 9.37. The predicted octanol–water partition coefficient (Wildman–Crippen LogP) is 0.513. The van der Waals surface area contributed by atoms with Gasteiger partial charge in [-0.25, -0.2) is 4.79 Å². The third-order valence-corrected chi connectivity index (χ3v) is 4.87. The van der Waals surface area contributed by atoms with E-state index in [1.54, 1.807) is 6.08 Å². The summed E-state index contributed by atoms with van der Waals surface area (Å²) in [7, 11) is 4.57. The maximum atomic E-state index is 12.6. The number of carbonyl (C=O) groups excluding carboxylic acids is 1. The number of nitrogens with zero attached hydrogens (tertiary/aromatic N) is 3. The molecule has 0 spiro atoms. The lowest BCUT2D eigenvalue weighted by Crippen LogP contribution is -2.43. The molecule has 7 heteroatoms. The van der Waals surface area contributed by atoms with Crippen LogP contribution in [0.4, 0.5) is 0 Å². The Morgan fingerprint density at radius 2 is 1.73 bits per heavy atom. The molecule has 1 aromatic carbocycles. The van der Waals surface area contributed by atoms with Crippen LogP contribution in [0.15, 0.2) is 52.1 Å². The molecule has 1 aliphatic rings. The highest BCUT2D eigenvalue weighted by Gasteiger charge is 2.39. The van der Waals surface area contributed by atoms with E-state index in [1.165, 1.54) is 20.2 Å². The maximum Gasteiger partial charge on any atom is 0.333 e. The quantitative estimate of drug-likeness (QED) is 0.864. The number of hydrogen-bond donors (Lipinski definition) is 1. The zero-order chi connectivity index (χ0) is 19.0. The first-order chi connectivity index (χ1) is 12.3. The molecule has 1 heterocycles. The van der Waals surface area contributed by atoms with Crippen molar-refractivity contribution < 1.29 is 9.90 Å². The van der Waals surface area contributed by atoms with Gasteiger partial charge in [-0.1, -0.05) is 36.4 Å². The van der Waals surface area contributed by atoms with Gasteiger partial charge in [0.15, 0.2) is 5.78 Å². The molecule has 136 valence electrons. The highest BCUT2D eigenvalue weighted by Crippen LogP contribution is 2.33. The third-order valence-electron chi connectivity index (χ3n) is 4.87. The zero-order valence-corrected chi connectivity index (χ0v) is 14.9. The average Bonchev–Trinajstić information content (AvgIpc) is 3.01. The Kier molecular flexibility index (Phi) is 4.65. The van der Waals surface area contributed by atoms with Crippen LogP contribution >= 0.6 is 0 Å². The summed E-state index contributed by atoms with van der Waals surface area (Å²) >= 11 is 0. The molecule has 7 nitrogen and oxygen atoms in total. The minimum atomic E-state index is -0.853. The van der Waals surface area contributed by atoms with E-state index in [2.05, 4.69) is 0 Å². The minimum Gasteiger partial charge on any atom is -0.494 e. The molecular formula is C19H21N3O4. The first-order valence-electron chi connectivity index (χ1n) is 8.28. The zero-order valence-electron chi connectivity index (χ0n) is 14.9. The molecule has 26 heavy (non-hydrogen) atoms. The van der Waals surface area contributed by atoms with Gasteiger partial charge in [-0.3, -0.25) is 23.6 Å². The fourth-order valence-electron chi connectivity index (χ4n) is 3.40. The van der Waals surface area contributed by atoms with Crippen LogP contribution in [0, 0.1) is 0 Å². The number of carbonyl (C=O) groups is 1. The van der Waals surface area contributed by atoms with Crippen LogP contribution < -0.4 is 11.2 Å². The van der Waals surface area contributed by atoms with Crippen molar-refractivity contribution in [1.29, 1.82) is 0 Å². The molecule has 1 aliphatic carbocycles. The van der Waals surface area contributed by atoms with Crippen LogP contribution in [0.25, 0.3) is 0 Å². The van der Waals surface area contributed by atoms with E-state index >= 15 is 0 Å². The lowest BCUT2D eigenvalue weighted by molar-refractivity contribution is -0.116. The van der Waals surface area contributed by atoms with Crippen molar-refractivity contribution in [3.63, 3.8) is 0 Å². The maximum absolute atomic E-state index is 12.6. The number of hydrogen-bond acceptors (Lipinski definition) is 5. The van der Waals surface area contributed by atoms with Crippen molar-refractivity contribution in [2.75, 3.05) is 7.05 Å². The van der Waals surface area contributed by atoms with Crippen LogP contribution in [0.1, 0.15) is 17.0 Å². The molecule has 0 bridgehead atoms. The van der Waals surface area contributed by atoms with Gasteiger partial charge < -0.3 is 5.11 Å². The first-order valence-corrected chi connectivity index (χ1v) is 8.28. The predicted molar refractivity (Wildman–Crippen MR) is 97.2 cm³/mol. The number of likely N-dealkylation sites (N-methyl/N-ethyl adjacent to an activating group) is 1. The van der Waals surface area contributed by atoms with Gasteiger partial charge in [0.05, 0.1) is 11.5 Å². The van der Waals surface area contributed by atoms with Gasteiger partial charge in [0.25, 0.3) is 5.56 Å². The smallest absolute Gasteiger partial charge is 0.333 e. The van der Waals surface area contributed by atoms with Crippen molar-refractivity contribution in [2.45, 2.75) is 18.5 Å². The van der Waals surface area contributed by atoms with Crippen LogP contribution in [-0.2, 0) is 25.4 Å². The summed E-state index contributed by atoms with van der Waals surface area (Å²) < 4.78 is 1.89. The van der Waals surface area contributed by atoms with E-state index in [0.717, 1.165) is 14.7 Å². The third kappa shape index (κ3) is 2.90. The fourth-order valence-corrected chi connectivity index (χ4v) is 3.40. The molecule has 2 aromatic rings. The minimum absolute atomic E-state index is 0.0467. The second kappa shape index (κ2) is 6.76. The molecule has 1 N–H and O–H groups in total. The number of allylic oxidation sites excluding steroid dienone is 1. The van der Waals surface area contributed by atoms with E-state index in [4.69, 9.17) is 0 Å². The van der Waals surface area contributed by atoms with Crippen LogP contribution in [0.2, 0.25) is 0 Å². The number of ketones is 1. The monoisotopic (exact) mass is 355 g/mol. The molecule has 2 atom stereocenters. The van der Waals surface area contributed by atoms with Gasteiger partial charge in [-0.2, -0.15) is 0 Å². The van der Waals surface area contributed by atoms with Crippen LogP contribution in [0.5, 0.6) is 5.88 Å². The summed E-state index contributed by atoms with van der Waals surface area (Å²) in [5.41, 5.74) is -0.261.